The fourth-order valence-electron chi connectivity index (χ4n) is 4.86. The third-order valence-electron chi connectivity index (χ3n) is 7.36. The van der Waals surface area contributed by atoms with Crippen molar-refractivity contribution < 1.29 is 23.5 Å². The molecule has 2 aromatic rings. The number of rotatable bonds is 15. The summed E-state index contributed by atoms with van der Waals surface area (Å²) in [4.78, 5) is 4.68. The Hall–Kier alpha value is -1.89. The molecule has 0 saturated carbocycles. The Kier molecular flexibility index (Phi) is 7.11. The Morgan fingerprint density at radius 1 is 0.722 bits per heavy atom. The van der Waals surface area contributed by atoms with Crippen LogP contribution >= 0.6 is 7.14 Å². The minimum Gasteiger partial charge on any atom is -0.371 e. The van der Waals surface area contributed by atoms with Gasteiger partial charge in [0.15, 0.2) is 0 Å². The SMILES string of the molecule is CCCCP(=O)(c1cccc(N(CC2CO2)CC2CO2)c1)c1cccc(N(CC2CO2)CC2CO2)c1. The molecule has 2 aromatic carbocycles. The van der Waals surface area contributed by atoms with E-state index in [1.54, 1.807) is 0 Å². The fourth-order valence-corrected chi connectivity index (χ4v) is 7.78. The maximum absolute atomic E-state index is 14.9. The Balaban J connectivity index is 1.31. The van der Waals surface area contributed by atoms with Crippen molar-refractivity contribution in [2.45, 2.75) is 44.2 Å². The Morgan fingerprint density at radius 3 is 1.44 bits per heavy atom. The van der Waals surface area contributed by atoms with E-state index in [0.717, 1.165) is 87.4 Å². The first-order valence-corrected chi connectivity index (χ1v) is 15.3. The molecule has 0 aromatic heterocycles. The summed E-state index contributed by atoms with van der Waals surface area (Å²) < 4.78 is 37.0. The third kappa shape index (κ3) is 6.15. The zero-order valence-corrected chi connectivity index (χ0v) is 22.0. The van der Waals surface area contributed by atoms with Crippen LogP contribution in [0.25, 0.3) is 0 Å². The first-order chi connectivity index (χ1) is 17.6. The number of epoxide rings is 4. The van der Waals surface area contributed by atoms with Crippen molar-refractivity contribution in [3.05, 3.63) is 48.5 Å². The van der Waals surface area contributed by atoms with E-state index in [9.17, 15) is 4.57 Å². The van der Waals surface area contributed by atoms with Crippen molar-refractivity contribution in [3.8, 4) is 0 Å². The smallest absolute Gasteiger partial charge is 0.143 e. The van der Waals surface area contributed by atoms with E-state index in [4.69, 9.17) is 18.9 Å². The summed E-state index contributed by atoms with van der Waals surface area (Å²) in [6, 6.07) is 16.8. The van der Waals surface area contributed by atoms with Crippen LogP contribution in [0.2, 0.25) is 0 Å². The molecule has 36 heavy (non-hydrogen) atoms. The lowest BCUT2D eigenvalue weighted by Gasteiger charge is -2.27. The molecule has 0 bridgehead atoms. The quantitative estimate of drug-likeness (QED) is 0.268. The van der Waals surface area contributed by atoms with Gasteiger partial charge in [-0.05, 0) is 30.7 Å². The number of nitrogens with zero attached hydrogens (tertiary/aromatic N) is 2. The summed E-state index contributed by atoms with van der Waals surface area (Å²) in [5.41, 5.74) is 2.20. The molecule has 4 unspecified atom stereocenters. The molecule has 4 atom stereocenters. The van der Waals surface area contributed by atoms with Crippen LogP contribution in [0.3, 0.4) is 0 Å². The molecule has 4 aliphatic heterocycles. The number of hydrogen-bond donors (Lipinski definition) is 0. The molecule has 4 aliphatic rings. The second kappa shape index (κ2) is 10.5. The van der Waals surface area contributed by atoms with Crippen LogP contribution in [-0.4, -0.2) is 83.2 Å². The van der Waals surface area contributed by atoms with Gasteiger partial charge in [0.2, 0.25) is 0 Å². The standard InChI is InChI=1S/C28H37N2O5P/c1-2-3-10-36(31,27-8-4-6-21(11-27)29(13-23-17-32-23)14-24-18-33-24)28-9-5-7-22(12-28)30(15-25-19-34-25)16-26-20-35-26/h4-9,11-12,23-26H,2-3,10,13-20H2,1H3. The minimum absolute atomic E-state index is 0.285. The number of anilines is 2. The number of benzene rings is 2. The molecule has 194 valence electrons. The van der Waals surface area contributed by atoms with E-state index < -0.39 is 7.14 Å². The van der Waals surface area contributed by atoms with E-state index >= 15 is 0 Å². The van der Waals surface area contributed by atoms with E-state index in [2.05, 4.69) is 65.3 Å². The molecule has 0 N–H and O–H groups in total. The lowest BCUT2D eigenvalue weighted by molar-refractivity contribution is 0.388. The van der Waals surface area contributed by atoms with Gasteiger partial charge in [0, 0.05) is 54.3 Å². The van der Waals surface area contributed by atoms with Crippen LogP contribution in [0.5, 0.6) is 0 Å². The van der Waals surface area contributed by atoms with E-state index in [0.29, 0.717) is 6.16 Å². The summed E-state index contributed by atoms with van der Waals surface area (Å²) in [5, 5.41) is 1.87. The summed E-state index contributed by atoms with van der Waals surface area (Å²) in [6.45, 7) is 8.82. The van der Waals surface area contributed by atoms with Crippen LogP contribution in [0.4, 0.5) is 11.4 Å². The van der Waals surface area contributed by atoms with E-state index in [-0.39, 0.29) is 24.4 Å². The molecule has 6 rings (SSSR count). The fraction of sp³-hybridized carbons (Fsp3) is 0.571. The Labute approximate surface area is 214 Å². The third-order valence-corrected chi connectivity index (χ3v) is 10.5. The summed E-state index contributed by atoms with van der Waals surface area (Å²) in [5.74, 6) is 0. The van der Waals surface area contributed by atoms with Gasteiger partial charge in [-0.25, -0.2) is 0 Å². The molecular formula is C28H37N2O5P. The average molecular weight is 513 g/mol. The van der Waals surface area contributed by atoms with Crippen LogP contribution in [0, 0.1) is 0 Å². The lowest BCUT2D eigenvalue weighted by atomic mass is 10.2. The first kappa shape index (κ1) is 24.4. The van der Waals surface area contributed by atoms with E-state index in [1.165, 1.54) is 0 Å². The molecule has 0 spiro atoms. The minimum atomic E-state index is -2.83. The van der Waals surface area contributed by atoms with Gasteiger partial charge in [-0.15, -0.1) is 0 Å². The van der Waals surface area contributed by atoms with Gasteiger partial charge in [0.1, 0.15) is 7.14 Å². The molecule has 4 heterocycles. The number of ether oxygens (including phenoxy) is 4. The molecular weight excluding hydrogens is 475 g/mol. The lowest BCUT2D eigenvalue weighted by Crippen LogP contribution is -2.33. The zero-order valence-electron chi connectivity index (χ0n) is 21.1. The van der Waals surface area contributed by atoms with Crippen molar-refractivity contribution in [2.24, 2.45) is 0 Å². The summed E-state index contributed by atoms with van der Waals surface area (Å²) >= 11 is 0. The maximum Gasteiger partial charge on any atom is 0.143 e. The highest BCUT2D eigenvalue weighted by atomic mass is 31.2. The average Bonchev–Trinajstić information content (AvgIpc) is 3.69. The van der Waals surface area contributed by atoms with Gasteiger partial charge >= 0.3 is 0 Å². The van der Waals surface area contributed by atoms with Gasteiger partial charge in [0.25, 0.3) is 0 Å². The molecule has 8 heteroatoms. The van der Waals surface area contributed by atoms with Crippen molar-refractivity contribution in [1.82, 2.24) is 0 Å². The molecule has 4 fully saturated rings. The van der Waals surface area contributed by atoms with Crippen molar-refractivity contribution in [1.29, 1.82) is 0 Å². The normalized spacial score (nSPS) is 27.2. The van der Waals surface area contributed by atoms with Gasteiger partial charge in [-0.1, -0.05) is 37.6 Å². The van der Waals surface area contributed by atoms with Gasteiger partial charge < -0.3 is 33.3 Å². The van der Waals surface area contributed by atoms with Gasteiger partial charge in [-0.2, -0.15) is 0 Å². The summed E-state index contributed by atoms with van der Waals surface area (Å²) in [7, 11) is -2.83. The monoisotopic (exact) mass is 512 g/mol. The molecule has 0 aliphatic carbocycles. The highest BCUT2D eigenvalue weighted by Gasteiger charge is 2.34. The van der Waals surface area contributed by atoms with Gasteiger partial charge in [0.05, 0.1) is 50.8 Å². The van der Waals surface area contributed by atoms with Crippen LogP contribution in [0.1, 0.15) is 19.8 Å². The number of hydrogen-bond acceptors (Lipinski definition) is 7. The largest absolute Gasteiger partial charge is 0.371 e. The predicted octanol–water partition coefficient (Wildman–Crippen LogP) is 3.01. The predicted molar refractivity (Wildman–Crippen MR) is 143 cm³/mol. The molecule has 7 nitrogen and oxygen atoms in total. The van der Waals surface area contributed by atoms with Crippen LogP contribution < -0.4 is 20.4 Å². The van der Waals surface area contributed by atoms with Crippen molar-refractivity contribution in [2.75, 3.05) is 68.6 Å². The highest BCUT2D eigenvalue weighted by molar-refractivity contribution is 7.78. The maximum atomic E-state index is 14.9. The Bertz CT molecular complexity index is 989. The topological polar surface area (TPSA) is 73.7 Å². The Morgan fingerprint density at radius 2 is 1.11 bits per heavy atom. The first-order valence-electron chi connectivity index (χ1n) is 13.4. The molecule has 0 radical (unpaired) electrons. The summed E-state index contributed by atoms with van der Waals surface area (Å²) in [6.07, 6.45) is 3.75. The van der Waals surface area contributed by atoms with Crippen LogP contribution in [-0.2, 0) is 23.5 Å². The van der Waals surface area contributed by atoms with Gasteiger partial charge in [-0.3, -0.25) is 0 Å². The molecule has 4 saturated heterocycles. The van der Waals surface area contributed by atoms with Crippen LogP contribution in [0.15, 0.2) is 48.5 Å². The number of unbranched alkanes of at least 4 members (excludes halogenated alkanes) is 1. The second-order valence-electron chi connectivity index (χ2n) is 10.5. The molecule has 0 amide bonds. The highest BCUT2D eigenvalue weighted by Crippen LogP contribution is 2.46. The zero-order chi connectivity index (χ0) is 24.5. The second-order valence-corrected chi connectivity index (χ2v) is 13.4. The van der Waals surface area contributed by atoms with Crippen molar-refractivity contribution in [3.63, 3.8) is 0 Å². The van der Waals surface area contributed by atoms with Crippen molar-refractivity contribution >= 4 is 29.1 Å². The van der Waals surface area contributed by atoms with E-state index in [1.807, 2.05) is 0 Å².